The fourth-order valence-corrected chi connectivity index (χ4v) is 3.01. The number of hydrogen-bond acceptors (Lipinski definition) is 4. The molecule has 0 aromatic heterocycles. The summed E-state index contributed by atoms with van der Waals surface area (Å²) < 4.78 is 5.26. The van der Waals surface area contributed by atoms with E-state index in [1.54, 1.807) is 7.11 Å². The van der Waals surface area contributed by atoms with Crippen LogP contribution < -0.4 is 15.4 Å². The number of hydrogen-bond donors (Lipinski definition) is 1. The van der Waals surface area contributed by atoms with Crippen molar-refractivity contribution in [1.82, 2.24) is 4.90 Å². The smallest absolute Gasteiger partial charge is 0.223 e. The maximum Gasteiger partial charge on any atom is 0.223 e. The topological polar surface area (TPSA) is 58.8 Å². The fourth-order valence-electron chi connectivity index (χ4n) is 3.01. The number of nitrogens with two attached hydrogens (primary N) is 1. The average molecular weight is 261 g/mol. The molecule has 2 aliphatic heterocycles. The van der Waals surface area contributed by atoms with E-state index in [9.17, 15) is 4.79 Å². The van der Waals surface area contributed by atoms with Gasteiger partial charge in [0.05, 0.1) is 7.11 Å². The van der Waals surface area contributed by atoms with Crippen LogP contribution in [0.2, 0.25) is 0 Å². The van der Waals surface area contributed by atoms with Gasteiger partial charge in [0.1, 0.15) is 5.75 Å². The van der Waals surface area contributed by atoms with Crippen molar-refractivity contribution >= 4 is 17.3 Å². The summed E-state index contributed by atoms with van der Waals surface area (Å²) in [6.45, 7) is 2.55. The lowest BCUT2D eigenvalue weighted by Crippen LogP contribution is -2.51. The number of carbonyl (C=O) groups is 1. The summed E-state index contributed by atoms with van der Waals surface area (Å²) in [6, 6.07) is 6.14. The van der Waals surface area contributed by atoms with E-state index in [-0.39, 0.29) is 0 Å². The van der Waals surface area contributed by atoms with Crippen molar-refractivity contribution in [2.75, 3.05) is 37.4 Å². The van der Waals surface area contributed by atoms with Crippen LogP contribution >= 0.6 is 0 Å². The van der Waals surface area contributed by atoms with Crippen LogP contribution in [0, 0.1) is 0 Å². The molecule has 1 aromatic rings. The number of nitrogen functional groups attached to an aromatic ring is 1. The Balaban J connectivity index is 1.80. The standard InChI is InChI=1S/C14H19N3O2/c1-19-13-7-10(15)6-12(8-13)16-4-5-17-11(9-16)2-3-14(17)18/h6-8,11H,2-5,9,15H2,1H3. The zero-order valence-corrected chi connectivity index (χ0v) is 11.1. The van der Waals surface area contributed by atoms with Crippen LogP contribution in [-0.4, -0.2) is 43.6 Å². The molecule has 1 amide bonds. The maximum atomic E-state index is 11.7. The van der Waals surface area contributed by atoms with Crippen molar-refractivity contribution < 1.29 is 9.53 Å². The first-order valence-corrected chi connectivity index (χ1v) is 6.66. The van der Waals surface area contributed by atoms with Crippen molar-refractivity contribution in [3.8, 4) is 5.75 Å². The van der Waals surface area contributed by atoms with Gasteiger partial charge in [-0.15, -0.1) is 0 Å². The van der Waals surface area contributed by atoms with E-state index in [0.29, 0.717) is 24.1 Å². The Morgan fingerprint density at radius 1 is 1.32 bits per heavy atom. The average Bonchev–Trinajstić information content (AvgIpc) is 2.79. The van der Waals surface area contributed by atoms with Gasteiger partial charge < -0.3 is 20.3 Å². The molecule has 2 fully saturated rings. The van der Waals surface area contributed by atoms with Crippen LogP contribution in [0.15, 0.2) is 18.2 Å². The van der Waals surface area contributed by atoms with Gasteiger partial charge in [-0.25, -0.2) is 0 Å². The van der Waals surface area contributed by atoms with E-state index >= 15 is 0 Å². The molecule has 0 radical (unpaired) electrons. The number of methoxy groups -OCH3 is 1. The Morgan fingerprint density at radius 2 is 2.16 bits per heavy atom. The minimum Gasteiger partial charge on any atom is -0.497 e. The molecule has 1 aromatic carbocycles. The minimum absolute atomic E-state index is 0.301. The van der Waals surface area contributed by atoms with Gasteiger partial charge in [-0.05, 0) is 12.5 Å². The molecule has 5 nitrogen and oxygen atoms in total. The van der Waals surface area contributed by atoms with Crippen LogP contribution in [0.5, 0.6) is 5.75 Å². The Labute approximate surface area is 112 Å². The molecule has 1 atom stereocenters. The van der Waals surface area contributed by atoms with Gasteiger partial charge in [0.2, 0.25) is 5.91 Å². The van der Waals surface area contributed by atoms with Crippen LogP contribution in [-0.2, 0) is 4.79 Å². The number of piperazine rings is 1. The minimum atomic E-state index is 0.301. The van der Waals surface area contributed by atoms with E-state index in [1.807, 2.05) is 23.1 Å². The molecule has 0 bridgehead atoms. The second-order valence-electron chi connectivity index (χ2n) is 5.19. The number of ether oxygens (including phenoxy) is 1. The molecule has 19 heavy (non-hydrogen) atoms. The lowest BCUT2D eigenvalue weighted by Gasteiger charge is -2.39. The highest BCUT2D eigenvalue weighted by atomic mass is 16.5. The maximum absolute atomic E-state index is 11.7. The molecule has 2 N–H and O–H groups in total. The summed E-state index contributed by atoms with van der Waals surface area (Å²) >= 11 is 0. The number of rotatable bonds is 2. The molecular weight excluding hydrogens is 242 g/mol. The predicted octanol–water partition coefficient (Wildman–Crippen LogP) is 1.09. The fraction of sp³-hybridized carbons (Fsp3) is 0.500. The molecule has 0 spiro atoms. The summed E-state index contributed by atoms with van der Waals surface area (Å²) in [5, 5.41) is 0. The first-order valence-electron chi connectivity index (χ1n) is 6.66. The third kappa shape index (κ3) is 2.20. The molecular formula is C14H19N3O2. The molecule has 2 aliphatic rings. The summed E-state index contributed by atoms with van der Waals surface area (Å²) in [5.74, 6) is 1.08. The van der Waals surface area contributed by atoms with E-state index in [0.717, 1.165) is 37.5 Å². The zero-order valence-electron chi connectivity index (χ0n) is 11.1. The van der Waals surface area contributed by atoms with Crippen LogP contribution in [0.1, 0.15) is 12.8 Å². The number of nitrogens with zero attached hydrogens (tertiary/aromatic N) is 2. The van der Waals surface area contributed by atoms with Crippen LogP contribution in [0.3, 0.4) is 0 Å². The second kappa shape index (κ2) is 4.64. The molecule has 5 heteroatoms. The van der Waals surface area contributed by atoms with E-state index < -0.39 is 0 Å². The summed E-state index contributed by atoms with van der Waals surface area (Å²) in [6.07, 6.45) is 1.66. The predicted molar refractivity (Wildman–Crippen MR) is 74.4 cm³/mol. The first kappa shape index (κ1) is 12.1. The summed E-state index contributed by atoms with van der Waals surface area (Å²) in [5.41, 5.74) is 7.69. The van der Waals surface area contributed by atoms with Gasteiger partial charge in [0, 0.05) is 55.6 Å². The lowest BCUT2D eigenvalue weighted by atomic mass is 10.1. The number of benzene rings is 1. The Hall–Kier alpha value is -1.91. The highest BCUT2D eigenvalue weighted by molar-refractivity contribution is 5.79. The van der Waals surface area contributed by atoms with Crippen molar-refractivity contribution in [1.29, 1.82) is 0 Å². The summed E-state index contributed by atoms with van der Waals surface area (Å²) in [7, 11) is 1.64. The third-order valence-electron chi connectivity index (χ3n) is 4.01. The number of anilines is 2. The van der Waals surface area contributed by atoms with E-state index in [2.05, 4.69) is 4.90 Å². The van der Waals surface area contributed by atoms with Crippen LogP contribution in [0.25, 0.3) is 0 Å². The highest BCUT2D eigenvalue weighted by Gasteiger charge is 2.35. The number of fused-ring (bicyclic) bond motifs is 1. The number of amides is 1. The molecule has 3 rings (SSSR count). The second-order valence-corrected chi connectivity index (χ2v) is 5.19. The van der Waals surface area contributed by atoms with Crippen LogP contribution in [0.4, 0.5) is 11.4 Å². The molecule has 1 unspecified atom stereocenters. The quantitative estimate of drug-likeness (QED) is 0.810. The first-order chi connectivity index (χ1) is 9.17. The molecule has 102 valence electrons. The third-order valence-corrected chi connectivity index (χ3v) is 4.01. The van der Waals surface area contributed by atoms with Gasteiger partial charge in [-0.2, -0.15) is 0 Å². The van der Waals surface area contributed by atoms with Crippen molar-refractivity contribution in [2.24, 2.45) is 0 Å². The summed E-state index contributed by atoms with van der Waals surface area (Å²) in [4.78, 5) is 16.0. The van der Waals surface area contributed by atoms with Gasteiger partial charge >= 0.3 is 0 Å². The van der Waals surface area contributed by atoms with E-state index in [4.69, 9.17) is 10.5 Å². The molecule has 2 heterocycles. The lowest BCUT2D eigenvalue weighted by molar-refractivity contribution is -0.129. The monoisotopic (exact) mass is 261 g/mol. The normalized spacial score (nSPS) is 22.6. The van der Waals surface area contributed by atoms with Gasteiger partial charge in [-0.1, -0.05) is 0 Å². The van der Waals surface area contributed by atoms with Gasteiger partial charge in [-0.3, -0.25) is 4.79 Å². The molecule has 2 saturated heterocycles. The van der Waals surface area contributed by atoms with Crippen molar-refractivity contribution in [2.45, 2.75) is 18.9 Å². The Kier molecular flexibility index (Phi) is 2.97. The Morgan fingerprint density at radius 3 is 2.95 bits per heavy atom. The van der Waals surface area contributed by atoms with Crippen molar-refractivity contribution in [3.63, 3.8) is 0 Å². The van der Waals surface area contributed by atoms with Gasteiger partial charge in [0.15, 0.2) is 0 Å². The van der Waals surface area contributed by atoms with Gasteiger partial charge in [0.25, 0.3) is 0 Å². The SMILES string of the molecule is COc1cc(N)cc(N2CCN3C(=O)CCC3C2)c1. The zero-order chi connectivity index (χ0) is 13.4. The van der Waals surface area contributed by atoms with Crippen molar-refractivity contribution in [3.05, 3.63) is 18.2 Å². The molecule has 0 saturated carbocycles. The van der Waals surface area contributed by atoms with E-state index in [1.165, 1.54) is 0 Å². The Bertz CT molecular complexity index is 503. The number of carbonyl (C=O) groups excluding carboxylic acids is 1. The largest absolute Gasteiger partial charge is 0.497 e. The highest BCUT2D eigenvalue weighted by Crippen LogP contribution is 2.30. The molecule has 0 aliphatic carbocycles.